The summed E-state index contributed by atoms with van der Waals surface area (Å²) in [6, 6.07) is 13.3. The number of fused-ring (bicyclic) bond motifs is 1. The third-order valence-electron chi connectivity index (χ3n) is 7.00. The van der Waals surface area contributed by atoms with Crippen molar-refractivity contribution in [1.82, 2.24) is 0 Å². The van der Waals surface area contributed by atoms with Crippen LogP contribution in [0, 0.1) is 5.92 Å². The largest absolute Gasteiger partial charge is 0.396 e. The maximum atomic E-state index is 13.7. The van der Waals surface area contributed by atoms with Crippen molar-refractivity contribution in [1.29, 1.82) is 0 Å². The highest BCUT2D eigenvalue weighted by Gasteiger charge is 2.52. The number of carbonyl (C=O) groups excluding carboxylic acids is 2. The van der Waals surface area contributed by atoms with Gasteiger partial charge in [-0.2, -0.15) is 0 Å². The van der Waals surface area contributed by atoms with E-state index in [9.17, 15) is 14.7 Å². The summed E-state index contributed by atoms with van der Waals surface area (Å²) in [5.41, 5.74) is 1.28. The first-order valence-corrected chi connectivity index (χ1v) is 13.2. The fourth-order valence-corrected chi connectivity index (χ4v) is 5.39. The molecular weight excluding hydrogens is 508 g/mol. The Labute approximate surface area is 215 Å². The second kappa shape index (κ2) is 11.1. The number of hydrogen-bond acceptors (Lipinski definition) is 4. The molecule has 2 amide bonds. The van der Waals surface area contributed by atoms with Gasteiger partial charge in [-0.3, -0.25) is 9.59 Å². The molecule has 2 aromatic carbocycles. The van der Waals surface area contributed by atoms with Gasteiger partial charge in [-0.25, -0.2) is 0 Å². The predicted octanol–water partition coefficient (Wildman–Crippen LogP) is 5.06. The summed E-state index contributed by atoms with van der Waals surface area (Å²) < 4.78 is 0.786. The van der Waals surface area contributed by atoms with E-state index in [4.69, 9.17) is 5.11 Å². The number of aliphatic hydroxyl groups excluding tert-OH is 1. The molecule has 6 nitrogen and oxygen atoms in total. The lowest BCUT2D eigenvalue weighted by Crippen LogP contribution is -2.44. The van der Waals surface area contributed by atoms with Gasteiger partial charge in [0.05, 0.1) is 12.2 Å². The SMILES string of the molecule is C[C@H](/C=C/CCO)[C@@]1(O)C(=O)N(Cc2cccc(N3CCCCCCC3=O)c2)c2ccc(Br)cc21. The van der Waals surface area contributed by atoms with E-state index in [1.807, 2.05) is 48.2 Å². The fourth-order valence-electron chi connectivity index (χ4n) is 5.03. The van der Waals surface area contributed by atoms with Gasteiger partial charge in [0.1, 0.15) is 0 Å². The lowest BCUT2D eigenvalue weighted by atomic mass is 9.83. The maximum absolute atomic E-state index is 13.7. The van der Waals surface area contributed by atoms with Crippen LogP contribution in [0.4, 0.5) is 11.4 Å². The normalized spacial score (nSPS) is 21.8. The van der Waals surface area contributed by atoms with Crippen molar-refractivity contribution in [3.8, 4) is 0 Å². The zero-order chi connectivity index (χ0) is 25.0. The minimum Gasteiger partial charge on any atom is -0.396 e. The minimum atomic E-state index is -1.71. The summed E-state index contributed by atoms with van der Waals surface area (Å²) in [6.45, 7) is 2.83. The number of hydrogen-bond donors (Lipinski definition) is 2. The summed E-state index contributed by atoms with van der Waals surface area (Å²) >= 11 is 3.48. The Morgan fingerprint density at radius 2 is 1.91 bits per heavy atom. The molecule has 0 aromatic heterocycles. The third kappa shape index (κ3) is 5.22. The predicted molar refractivity (Wildman–Crippen MR) is 141 cm³/mol. The Morgan fingerprint density at radius 1 is 1.11 bits per heavy atom. The molecule has 0 radical (unpaired) electrons. The summed E-state index contributed by atoms with van der Waals surface area (Å²) in [5, 5.41) is 20.8. The highest BCUT2D eigenvalue weighted by Crippen LogP contribution is 2.46. The number of rotatable bonds is 7. The van der Waals surface area contributed by atoms with E-state index in [2.05, 4.69) is 15.9 Å². The molecule has 2 atom stereocenters. The highest BCUT2D eigenvalue weighted by atomic mass is 79.9. The quantitative estimate of drug-likeness (QED) is 0.481. The lowest BCUT2D eigenvalue weighted by molar-refractivity contribution is -0.139. The molecule has 0 aliphatic carbocycles. The number of halogens is 1. The van der Waals surface area contributed by atoms with Crippen molar-refractivity contribution < 1.29 is 19.8 Å². The van der Waals surface area contributed by atoms with E-state index >= 15 is 0 Å². The molecule has 2 N–H and O–H groups in total. The van der Waals surface area contributed by atoms with Crippen molar-refractivity contribution in [2.45, 2.75) is 57.6 Å². The first-order valence-electron chi connectivity index (χ1n) is 12.4. The molecule has 2 aromatic rings. The van der Waals surface area contributed by atoms with Crippen LogP contribution < -0.4 is 9.80 Å². The topological polar surface area (TPSA) is 81.1 Å². The monoisotopic (exact) mass is 540 g/mol. The van der Waals surface area contributed by atoms with E-state index in [0.29, 0.717) is 37.2 Å². The van der Waals surface area contributed by atoms with E-state index in [1.54, 1.807) is 23.1 Å². The maximum Gasteiger partial charge on any atom is 0.264 e. The van der Waals surface area contributed by atoms with Crippen molar-refractivity contribution in [3.63, 3.8) is 0 Å². The van der Waals surface area contributed by atoms with Crippen molar-refractivity contribution in [2.24, 2.45) is 5.92 Å². The molecule has 0 saturated carbocycles. The Morgan fingerprint density at radius 3 is 2.71 bits per heavy atom. The average molecular weight is 541 g/mol. The van der Waals surface area contributed by atoms with Crippen molar-refractivity contribution in [3.05, 3.63) is 70.2 Å². The van der Waals surface area contributed by atoms with Crippen LogP contribution in [0.2, 0.25) is 0 Å². The van der Waals surface area contributed by atoms with E-state index in [0.717, 1.165) is 41.4 Å². The van der Waals surface area contributed by atoms with E-state index < -0.39 is 11.5 Å². The fraction of sp³-hybridized carbons (Fsp3) is 0.429. The van der Waals surface area contributed by atoms with Crippen LogP contribution in [0.3, 0.4) is 0 Å². The number of nitrogens with zero attached hydrogens (tertiary/aromatic N) is 2. The second-order valence-corrected chi connectivity index (χ2v) is 10.3. The van der Waals surface area contributed by atoms with Gasteiger partial charge in [-0.15, -0.1) is 0 Å². The van der Waals surface area contributed by atoms with E-state index in [-0.39, 0.29) is 18.4 Å². The summed E-state index contributed by atoms with van der Waals surface area (Å²) in [7, 11) is 0. The Bertz CT molecular complexity index is 1120. The molecular formula is C28H33BrN2O4. The Hall–Kier alpha value is -2.48. The summed E-state index contributed by atoms with van der Waals surface area (Å²) in [4.78, 5) is 29.9. The lowest BCUT2D eigenvalue weighted by Gasteiger charge is -2.28. The van der Waals surface area contributed by atoms with Crippen LogP contribution in [0.15, 0.2) is 59.1 Å². The van der Waals surface area contributed by atoms with Crippen LogP contribution in [0.5, 0.6) is 0 Å². The minimum absolute atomic E-state index is 0.0136. The molecule has 2 aliphatic rings. The zero-order valence-corrected chi connectivity index (χ0v) is 21.7. The smallest absolute Gasteiger partial charge is 0.264 e. The second-order valence-electron chi connectivity index (χ2n) is 9.43. The van der Waals surface area contributed by atoms with Gasteiger partial charge in [0.2, 0.25) is 5.91 Å². The van der Waals surface area contributed by atoms with Crippen LogP contribution in [0.1, 0.15) is 56.6 Å². The first kappa shape index (κ1) is 25.6. The Balaban J connectivity index is 1.64. The van der Waals surface area contributed by atoms with Crippen molar-refractivity contribution >= 4 is 39.1 Å². The molecule has 7 heteroatoms. The standard InChI is InChI=1S/C28H33BrN2O4/c1-20(9-5-7-16-32)28(35)24-18-22(29)13-14-25(24)31(27(28)34)19-21-10-8-11-23(17-21)30-15-6-3-2-4-12-26(30)33/h5,8-11,13-14,17-18,20,32,35H,2-4,6-7,12,15-16,19H2,1H3/b9-5+/t20-,28+/m1/s1. The average Bonchev–Trinajstić information content (AvgIpc) is 3.04. The van der Waals surface area contributed by atoms with E-state index in [1.165, 1.54) is 0 Å². The van der Waals surface area contributed by atoms with Gasteiger partial charge in [0, 0.05) is 41.2 Å². The van der Waals surface area contributed by atoms with Gasteiger partial charge in [0.15, 0.2) is 5.60 Å². The molecule has 0 bridgehead atoms. The number of amides is 2. The first-order chi connectivity index (χ1) is 16.9. The number of benzene rings is 2. The summed E-state index contributed by atoms with van der Waals surface area (Å²) in [6.07, 6.45) is 8.74. The number of aliphatic hydroxyl groups is 2. The van der Waals surface area contributed by atoms with Gasteiger partial charge in [-0.1, -0.05) is 60.0 Å². The molecule has 35 heavy (non-hydrogen) atoms. The molecule has 0 unspecified atom stereocenters. The highest BCUT2D eigenvalue weighted by molar-refractivity contribution is 9.10. The molecule has 186 valence electrons. The van der Waals surface area contributed by atoms with Crippen LogP contribution in [0.25, 0.3) is 0 Å². The van der Waals surface area contributed by atoms with Gasteiger partial charge in [0.25, 0.3) is 5.91 Å². The Kier molecular flexibility index (Phi) is 8.09. The summed E-state index contributed by atoms with van der Waals surface area (Å²) in [5.74, 6) is -0.712. The van der Waals surface area contributed by atoms with Crippen LogP contribution in [-0.2, 0) is 21.7 Å². The van der Waals surface area contributed by atoms with Crippen molar-refractivity contribution in [2.75, 3.05) is 23.0 Å². The number of carbonyl (C=O) groups is 2. The third-order valence-corrected chi connectivity index (χ3v) is 7.49. The zero-order valence-electron chi connectivity index (χ0n) is 20.1. The van der Waals surface area contributed by atoms with Gasteiger partial charge in [-0.05, 0) is 55.2 Å². The molecule has 2 aliphatic heterocycles. The van der Waals surface area contributed by atoms with Gasteiger partial charge < -0.3 is 20.0 Å². The molecule has 4 rings (SSSR count). The molecule has 0 spiro atoms. The number of anilines is 2. The van der Waals surface area contributed by atoms with Crippen LogP contribution in [-0.4, -0.2) is 35.2 Å². The molecule has 1 saturated heterocycles. The molecule has 1 fully saturated rings. The molecule has 2 heterocycles. The van der Waals surface area contributed by atoms with Gasteiger partial charge >= 0.3 is 0 Å². The van der Waals surface area contributed by atoms with Crippen LogP contribution >= 0.6 is 15.9 Å².